The van der Waals surface area contributed by atoms with Gasteiger partial charge in [-0.25, -0.2) is 4.98 Å². The summed E-state index contributed by atoms with van der Waals surface area (Å²) in [5.41, 5.74) is 7.11. The van der Waals surface area contributed by atoms with Gasteiger partial charge in [-0.05, 0) is 18.1 Å². The molecular formula is C26H30N6O4S. The number of hydrogen-bond donors (Lipinski definition) is 4. The second-order valence-electron chi connectivity index (χ2n) is 8.27. The predicted molar refractivity (Wildman–Crippen MR) is 145 cm³/mol. The molecule has 3 aromatic rings. The Balaban J connectivity index is 1.72. The predicted octanol–water partition coefficient (Wildman–Crippen LogP) is 2.04. The van der Waals surface area contributed by atoms with Crippen LogP contribution in [-0.4, -0.2) is 57.0 Å². The van der Waals surface area contributed by atoms with Gasteiger partial charge < -0.3 is 21.6 Å². The number of rotatable bonds is 13. The number of hydrogen-bond acceptors (Lipinski definition) is 9. The van der Waals surface area contributed by atoms with Crippen LogP contribution in [0.3, 0.4) is 0 Å². The van der Waals surface area contributed by atoms with E-state index in [1.807, 2.05) is 30.3 Å². The molecule has 37 heavy (non-hydrogen) atoms. The first kappa shape index (κ1) is 27.6. The first-order valence-electron chi connectivity index (χ1n) is 11.6. The fourth-order valence-electron chi connectivity index (χ4n) is 3.48. The van der Waals surface area contributed by atoms with Crippen LogP contribution < -0.4 is 21.9 Å². The van der Waals surface area contributed by atoms with E-state index in [1.54, 1.807) is 37.3 Å². The van der Waals surface area contributed by atoms with Gasteiger partial charge in [0.05, 0.1) is 24.6 Å². The Hall–Kier alpha value is -3.96. The number of oxime groups is 1. The first-order valence-corrected chi connectivity index (χ1v) is 12.8. The van der Waals surface area contributed by atoms with Gasteiger partial charge >= 0.3 is 0 Å². The number of aromatic nitrogens is 2. The molecule has 0 bridgehead atoms. The summed E-state index contributed by atoms with van der Waals surface area (Å²) in [6.45, 7) is 1.49. The van der Waals surface area contributed by atoms with Crippen LogP contribution in [0.15, 0.2) is 83.0 Å². The van der Waals surface area contributed by atoms with Crippen LogP contribution in [0.25, 0.3) is 0 Å². The molecule has 3 rings (SSSR count). The Labute approximate surface area is 219 Å². The van der Waals surface area contributed by atoms with Gasteiger partial charge in [0.1, 0.15) is 6.04 Å². The lowest BCUT2D eigenvalue weighted by Gasteiger charge is -2.20. The van der Waals surface area contributed by atoms with Crippen molar-refractivity contribution in [2.24, 2.45) is 10.9 Å². The summed E-state index contributed by atoms with van der Waals surface area (Å²) in [6.07, 6.45) is 2.80. The maximum atomic E-state index is 13.3. The van der Waals surface area contributed by atoms with Crippen molar-refractivity contribution in [3.8, 4) is 0 Å². The third-order valence-electron chi connectivity index (χ3n) is 5.44. The Kier molecular flexibility index (Phi) is 10.4. The molecule has 0 spiro atoms. The van der Waals surface area contributed by atoms with Crippen molar-refractivity contribution in [3.05, 3.63) is 94.5 Å². The average Bonchev–Trinajstić information content (AvgIpc) is 2.91. The van der Waals surface area contributed by atoms with Crippen molar-refractivity contribution >= 4 is 35.0 Å². The largest absolute Gasteiger partial charge is 0.411 e. The summed E-state index contributed by atoms with van der Waals surface area (Å²) in [4.78, 5) is 43.0. The molecule has 1 aromatic heterocycles. The van der Waals surface area contributed by atoms with Crippen molar-refractivity contribution in [1.82, 2.24) is 14.9 Å². The maximum absolute atomic E-state index is 13.3. The molecule has 0 saturated heterocycles. The summed E-state index contributed by atoms with van der Waals surface area (Å²) >= 11 is 1.47. The Morgan fingerprint density at radius 1 is 1.11 bits per heavy atom. The fourth-order valence-corrected chi connectivity index (χ4v) is 4.34. The zero-order valence-electron chi connectivity index (χ0n) is 20.4. The lowest BCUT2D eigenvalue weighted by Crippen LogP contribution is -2.41. The number of thioether (sulfide) groups is 1. The van der Waals surface area contributed by atoms with Crippen LogP contribution in [0.4, 0.5) is 5.82 Å². The van der Waals surface area contributed by atoms with E-state index in [4.69, 9.17) is 10.9 Å². The smallest absolute Gasteiger partial charge is 0.294 e. The first-order chi connectivity index (χ1) is 17.9. The Morgan fingerprint density at radius 2 is 1.78 bits per heavy atom. The number of benzene rings is 2. The van der Waals surface area contributed by atoms with Gasteiger partial charge in [0.2, 0.25) is 5.91 Å². The number of Topliss-reactive ketones (excluding diaryl/α,β-unsaturated/α-hetero) is 1. The average molecular weight is 523 g/mol. The highest BCUT2D eigenvalue weighted by atomic mass is 32.2. The van der Waals surface area contributed by atoms with Gasteiger partial charge in [0.25, 0.3) is 5.56 Å². The van der Waals surface area contributed by atoms with E-state index in [2.05, 4.69) is 20.8 Å². The topological polar surface area (TPSA) is 152 Å². The summed E-state index contributed by atoms with van der Waals surface area (Å²) in [5, 5.41) is 17.7. The highest BCUT2D eigenvalue weighted by Gasteiger charge is 2.25. The molecule has 0 saturated carbocycles. The van der Waals surface area contributed by atoms with Crippen LogP contribution in [0.2, 0.25) is 0 Å². The molecule has 0 fully saturated rings. The van der Waals surface area contributed by atoms with Gasteiger partial charge in [-0.15, -0.1) is 11.8 Å². The number of nitrogens with zero attached hydrogens (tertiary/aromatic N) is 3. The van der Waals surface area contributed by atoms with E-state index in [0.29, 0.717) is 11.3 Å². The standard InChI is InChI=1S/C26H30N6O4S/c1-18(27)22(31-36)15-29-24-26(35)32(13-12-28-24)23(20-10-6-3-7-11-20)25(34)30-14-21(33)17-37-16-19-8-4-2-5-9-19/h2-13,18,23,36H,14-17,27H2,1H3,(H,28,29)(H,30,34)/b31-22-. The van der Waals surface area contributed by atoms with E-state index >= 15 is 0 Å². The molecule has 5 N–H and O–H groups in total. The minimum atomic E-state index is -1.03. The monoisotopic (exact) mass is 522 g/mol. The molecule has 11 heteroatoms. The zero-order chi connectivity index (χ0) is 26.6. The molecule has 194 valence electrons. The number of nitrogens with two attached hydrogens (primary N) is 1. The van der Waals surface area contributed by atoms with Crippen molar-refractivity contribution in [2.75, 3.05) is 24.2 Å². The summed E-state index contributed by atoms with van der Waals surface area (Å²) in [5.74, 6) is 0.285. The quantitative estimate of drug-likeness (QED) is 0.151. The zero-order valence-corrected chi connectivity index (χ0v) is 21.2. The van der Waals surface area contributed by atoms with E-state index in [1.165, 1.54) is 28.7 Å². The molecule has 0 aliphatic heterocycles. The Morgan fingerprint density at radius 3 is 2.43 bits per heavy atom. The fraction of sp³-hybridized carbons (Fsp3) is 0.269. The highest BCUT2D eigenvalue weighted by Crippen LogP contribution is 2.17. The van der Waals surface area contributed by atoms with Crippen molar-refractivity contribution in [3.63, 3.8) is 0 Å². The van der Waals surface area contributed by atoms with Gasteiger partial charge in [-0.3, -0.25) is 19.0 Å². The molecule has 1 amide bonds. The lowest BCUT2D eigenvalue weighted by molar-refractivity contribution is -0.126. The van der Waals surface area contributed by atoms with Crippen LogP contribution in [0.5, 0.6) is 0 Å². The lowest BCUT2D eigenvalue weighted by atomic mass is 10.1. The number of amides is 1. The minimum absolute atomic E-state index is 0.00221. The van der Waals surface area contributed by atoms with Crippen LogP contribution in [0.1, 0.15) is 24.1 Å². The molecule has 1 heterocycles. The number of anilines is 1. The van der Waals surface area contributed by atoms with E-state index in [-0.39, 0.29) is 36.2 Å². The van der Waals surface area contributed by atoms with E-state index in [9.17, 15) is 14.4 Å². The molecule has 0 radical (unpaired) electrons. The summed E-state index contributed by atoms with van der Waals surface area (Å²) < 4.78 is 1.25. The number of carbonyl (C=O) groups excluding carboxylic acids is 2. The number of nitrogens with one attached hydrogen (secondary N) is 2. The normalized spacial score (nSPS) is 13.0. The molecule has 2 aromatic carbocycles. The maximum Gasteiger partial charge on any atom is 0.294 e. The molecule has 0 aliphatic carbocycles. The van der Waals surface area contributed by atoms with Crippen molar-refractivity contribution < 1.29 is 14.8 Å². The van der Waals surface area contributed by atoms with Gasteiger partial charge in [-0.2, -0.15) is 0 Å². The summed E-state index contributed by atoms with van der Waals surface area (Å²) in [6, 6.07) is 17.0. The second kappa shape index (κ2) is 14.0. The SMILES string of the molecule is CC(N)/C(CNc1nccn(C(C(=O)NCC(=O)CSCc2ccccc2)c2ccccc2)c1=O)=N\O. The third kappa shape index (κ3) is 8.02. The van der Waals surface area contributed by atoms with E-state index < -0.39 is 23.6 Å². The molecule has 2 unspecified atom stereocenters. The van der Waals surface area contributed by atoms with Crippen molar-refractivity contribution in [2.45, 2.75) is 24.8 Å². The van der Waals surface area contributed by atoms with Gasteiger partial charge in [0, 0.05) is 24.2 Å². The molecule has 2 atom stereocenters. The second-order valence-corrected chi connectivity index (χ2v) is 9.26. The van der Waals surface area contributed by atoms with Crippen molar-refractivity contribution in [1.29, 1.82) is 0 Å². The number of ketones is 1. The van der Waals surface area contributed by atoms with Gasteiger partial charge in [-0.1, -0.05) is 65.8 Å². The third-order valence-corrected chi connectivity index (χ3v) is 6.50. The minimum Gasteiger partial charge on any atom is -0.411 e. The molecule has 10 nitrogen and oxygen atoms in total. The van der Waals surface area contributed by atoms with Crippen LogP contribution in [-0.2, 0) is 15.3 Å². The van der Waals surface area contributed by atoms with E-state index in [0.717, 1.165) is 5.56 Å². The Bertz CT molecular complexity index is 1260. The number of carbonyl (C=O) groups is 2. The molecular weight excluding hydrogens is 492 g/mol. The van der Waals surface area contributed by atoms with Gasteiger partial charge in [0.15, 0.2) is 11.6 Å². The summed E-state index contributed by atoms with van der Waals surface area (Å²) in [7, 11) is 0. The van der Waals surface area contributed by atoms with Crippen LogP contribution in [0, 0.1) is 0 Å². The molecule has 0 aliphatic rings. The van der Waals surface area contributed by atoms with Crippen LogP contribution >= 0.6 is 11.8 Å². The highest BCUT2D eigenvalue weighted by molar-refractivity contribution is 7.99.